The zero-order valence-electron chi connectivity index (χ0n) is 11.2. The Morgan fingerprint density at radius 2 is 2.15 bits per heavy atom. The number of aliphatic hydroxyl groups is 1. The van der Waals surface area contributed by atoms with Gasteiger partial charge >= 0.3 is 0 Å². The second-order valence-electron chi connectivity index (χ2n) is 4.47. The summed E-state index contributed by atoms with van der Waals surface area (Å²) in [6, 6.07) is 4.22. The molecule has 0 spiro atoms. The summed E-state index contributed by atoms with van der Waals surface area (Å²) >= 11 is 10.8. The maximum atomic E-state index is 12.3. The Morgan fingerprint density at radius 3 is 2.60 bits per heavy atom. The van der Waals surface area contributed by atoms with Gasteiger partial charge in [0.25, 0.3) is 0 Å². The average Bonchev–Trinajstić information content (AvgIpc) is 2.34. The molecule has 0 bridgehead atoms. The number of rotatable bonds is 6. The van der Waals surface area contributed by atoms with Crippen LogP contribution in [0.2, 0.25) is 5.02 Å². The third kappa shape index (κ3) is 4.13. The van der Waals surface area contributed by atoms with Crippen molar-refractivity contribution < 1.29 is 13.5 Å². The van der Waals surface area contributed by atoms with Crippen molar-refractivity contribution in [2.24, 2.45) is 5.73 Å². The van der Waals surface area contributed by atoms with E-state index in [9.17, 15) is 13.5 Å². The van der Waals surface area contributed by atoms with Crippen LogP contribution in [0, 0.1) is 0 Å². The lowest BCUT2D eigenvalue weighted by atomic mass is 10.2. The molecule has 0 aliphatic carbocycles. The normalized spacial score (nSPS) is 13.4. The first-order valence-corrected chi connectivity index (χ1v) is 8.12. The minimum absolute atomic E-state index is 0.0654. The van der Waals surface area contributed by atoms with E-state index in [0.29, 0.717) is 12.0 Å². The van der Waals surface area contributed by atoms with E-state index in [1.54, 1.807) is 6.92 Å². The minimum atomic E-state index is -3.65. The second kappa shape index (κ2) is 6.82. The van der Waals surface area contributed by atoms with E-state index in [2.05, 4.69) is 0 Å². The van der Waals surface area contributed by atoms with E-state index >= 15 is 0 Å². The van der Waals surface area contributed by atoms with Gasteiger partial charge in [-0.05, 0) is 31.5 Å². The highest BCUT2D eigenvalue weighted by Crippen LogP contribution is 2.23. The standard InChI is InChI=1S/C12H17ClN2O3S2/c1-8(16)5-6-15(2)20(17,18)9-3-4-10(12(14)19)11(13)7-9/h3-4,7-8,16H,5-6H2,1-2H3,(H2,14,19). The number of benzene rings is 1. The predicted molar refractivity (Wildman–Crippen MR) is 83.5 cm³/mol. The molecule has 1 aromatic rings. The lowest BCUT2D eigenvalue weighted by Gasteiger charge is -2.18. The largest absolute Gasteiger partial charge is 0.393 e. The van der Waals surface area contributed by atoms with Gasteiger partial charge in [-0.1, -0.05) is 23.8 Å². The summed E-state index contributed by atoms with van der Waals surface area (Å²) in [5.74, 6) is 0. The molecule has 1 unspecified atom stereocenters. The first-order chi connectivity index (χ1) is 9.16. The number of thiocarbonyl (C=S) groups is 1. The van der Waals surface area contributed by atoms with Crippen molar-refractivity contribution in [1.82, 2.24) is 4.31 Å². The van der Waals surface area contributed by atoms with Gasteiger partial charge in [-0.15, -0.1) is 0 Å². The van der Waals surface area contributed by atoms with Crippen LogP contribution in [0.5, 0.6) is 0 Å². The molecule has 3 N–H and O–H groups in total. The first kappa shape index (κ1) is 17.3. The maximum absolute atomic E-state index is 12.3. The van der Waals surface area contributed by atoms with Crippen LogP contribution in [0.25, 0.3) is 0 Å². The molecule has 0 heterocycles. The zero-order valence-corrected chi connectivity index (χ0v) is 13.6. The molecule has 0 aliphatic rings. The van der Waals surface area contributed by atoms with Gasteiger partial charge in [0, 0.05) is 19.2 Å². The van der Waals surface area contributed by atoms with E-state index in [-0.39, 0.29) is 21.5 Å². The molecule has 1 atom stereocenters. The Balaban J connectivity index is 3.04. The van der Waals surface area contributed by atoms with Crippen molar-refractivity contribution >= 4 is 38.8 Å². The SMILES string of the molecule is CC(O)CCN(C)S(=O)(=O)c1ccc(C(N)=S)c(Cl)c1. The Hall–Kier alpha value is -0.730. The van der Waals surface area contributed by atoms with Crippen molar-refractivity contribution in [1.29, 1.82) is 0 Å². The van der Waals surface area contributed by atoms with Crippen molar-refractivity contribution in [3.63, 3.8) is 0 Å². The first-order valence-electron chi connectivity index (χ1n) is 5.90. The molecule has 1 aromatic carbocycles. The van der Waals surface area contributed by atoms with Crippen molar-refractivity contribution in [2.45, 2.75) is 24.3 Å². The third-order valence-corrected chi connectivity index (χ3v) is 5.16. The molecule has 0 amide bonds. The molecule has 112 valence electrons. The van der Waals surface area contributed by atoms with E-state index < -0.39 is 16.1 Å². The number of nitrogens with two attached hydrogens (primary N) is 1. The predicted octanol–water partition coefficient (Wildman–Crippen LogP) is 1.37. The molecule has 0 fully saturated rings. The number of nitrogens with zero attached hydrogens (tertiary/aromatic N) is 1. The lowest BCUT2D eigenvalue weighted by Crippen LogP contribution is -2.29. The molecule has 0 saturated carbocycles. The van der Waals surface area contributed by atoms with Crippen LogP contribution in [-0.4, -0.2) is 42.5 Å². The van der Waals surface area contributed by atoms with Crippen LogP contribution in [0.4, 0.5) is 0 Å². The average molecular weight is 337 g/mol. The van der Waals surface area contributed by atoms with E-state index in [0.717, 1.165) is 0 Å². The fourth-order valence-corrected chi connectivity index (χ4v) is 3.32. The van der Waals surface area contributed by atoms with Gasteiger partial charge in [0.2, 0.25) is 10.0 Å². The molecule has 0 aromatic heterocycles. The molecule has 0 saturated heterocycles. The summed E-state index contributed by atoms with van der Waals surface area (Å²) in [7, 11) is -2.19. The van der Waals surface area contributed by atoms with Crippen LogP contribution >= 0.6 is 23.8 Å². The van der Waals surface area contributed by atoms with Gasteiger partial charge in [0.1, 0.15) is 4.99 Å². The van der Waals surface area contributed by atoms with E-state index in [1.165, 1.54) is 29.6 Å². The highest BCUT2D eigenvalue weighted by atomic mass is 35.5. The van der Waals surface area contributed by atoms with E-state index in [4.69, 9.17) is 29.6 Å². The van der Waals surface area contributed by atoms with Crippen molar-refractivity contribution in [3.8, 4) is 0 Å². The summed E-state index contributed by atoms with van der Waals surface area (Å²) in [6.07, 6.45) is -0.206. The van der Waals surface area contributed by atoms with Crippen LogP contribution < -0.4 is 5.73 Å². The maximum Gasteiger partial charge on any atom is 0.242 e. The Labute approximate surface area is 129 Å². The van der Waals surface area contributed by atoms with Crippen molar-refractivity contribution in [2.75, 3.05) is 13.6 Å². The number of aliphatic hydroxyl groups excluding tert-OH is 1. The summed E-state index contributed by atoms with van der Waals surface area (Å²) < 4.78 is 25.8. The van der Waals surface area contributed by atoms with Crippen LogP contribution in [0.3, 0.4) is 0 Å². The summed E-state index contributed by atoms with van der Waals surface area (Å²) in [6.45, 7) is 1.82. The minimum Gasteiger partial charge on any atom is -0.393 e. The molecule has 1 rings (SSSR count). The number of hydrogen-bond acceptors (Lipinski definition) is 4. The van der Waals surface area contributed by atoms with Gasteiger partial charge in [-0.2, -0.15) is 0 Å². The van der Waals surface area contributed by atoms with Crippen LogP contribution in [0.1, 0.15) is 18.9 Å². The molecule has 5 nitrogen and oxygen atoms in total. The molecular formula is C12H17ClN2O3S2. The Morgan fingerprint density at radius 1 is 1.55 bits per heavy atom. The summed E-state index contributed by atoms with van der Waals surface area (Å²) in [5, 5.41) is 9.41. The number of halogens is 1. The fraction of sp³-hybridized carbons (Fsp3) is 0.417. The van der Waals surface area contributed by atoms with Crippen molar-refractivity contribution in [3.05, 3.63) is 28.8 Å². The monoisotopic (exact) mass is 336 g/mol. The number of hydrogen-bond donors (Lipinski definition) is 2. The van der Waals surface area contributed by atoms with Crippen LogP contribution in [0.15, 0.2) is 23.1 Å². The summed E-state index contributed by atoms with van der Waals surface area (Å²) in [5.41, 5.74) is 5.91. The summed E-state index contributed by atoms with van der Waals surface area (Å²) in [4.78, 5) is 0.178. The molecular weight excluding hydrogens is 320 g/mol. The Bertz CT molecular complexity index is 603. The lowest BCUT2D eigenvalue weighted by molar-refractivity contribution is 0.177. The van der Waals surface area contributed by atoms with Gasteiger partial charge in [0.05, 0.1) is 16.0 Å². The third-order valence-electron chi connectivity index (χ3n) is 2.78. The number of sulfonamides is 1. The Kier molecular flexibility index (Phi) is 5.91. The van der Waals surface area contributed by atoms with Gasteiger partial charge in [-0.3, -0.25) is 0 Å². The smallest absolute Gasteiger partial charge is 0.242 e. The second-order valence-corrected chi connectivity index (χ2v) is 7.36. The quantitative estimate of drug-likeness (QED) is 0.766. The molecule has 0 aliphatic heterocycles. The van der Waals surface area contributed by atoms with Crippen LogP contribution in [-0.2, 0) is 10.0 Å². The fourth-order valence-electron chi connectivity index (χ4n) is 1.52. The van der Waals surface area contributed by atoms with Gasteiger partial charge < -0.3 is 10.8 Å². The molecule has 8 heteroatoms. The van der Waals surface area contributed by atoms with E-state index in [1.807, 2.05) is 0 Å². The highest BCUT2D eigenvalue weighted by molar-refractivity contribution is 7.89. The zero-order chi connectivity index (χ0) is 15.5. The topological polar surface area (TPSA) is 83.6 Å². The highest BCUT2D eigenvalue weighted by Gasteiger charge is 2.22. The molecule has 20 heavy (non-hydrogen) atoms. The molecule has 0 radical (unpaired) electrons. The van der Waals surface area contributed by atoms with Gasteiger partial charge in [0.15, 0.2) is 0 Å². The van der Waals surface area contributed by atoms with Gasteiger partial charge in [-0.25, -0.2) is 12.7 Å².